The summed E-state index contributed by atoms with van der Waals surface area (Å²) in [5, 5.41) is 3.79. The second-order valence-electron chi connectivity index (χ2n) is 7.44. The van der Waals surface area contributed by atoms with Crippen LogP contribution >= 0.6 is 0 Å². The lowest BCUT2D eigenvalue weighted by Gasteiger charge is -2.30. The number of nitrogens with one attached hydrogen (secondary N) is 1. The number of rotatable bonds is 6. The Balaban J connectivity index is 1.65. The minimum absolute atomic E-state index is 0.544. The lowest BCUT2D eigenvalue weighted by atomic mass is 9.79. The molecule has 0 saturated heterocycles. The van der Waals surface area contributed by atoms with Crippen molar-refractivity contribution < 1.29 is 0 Å². The Labute approximate surface area is 124 Å². The van der Waals surface area contributed by atoms with Crippen molar-refractivity contribution in [3.8, 4) is 0 Å². The molecule has 2 fully saturated rings. The molecule has 2 saturated carbocycles. The van der Waals surface area contributed by atoms with E-state index in [1.807, 2.05) is 0 Å². The fourth-order valence-corrected chi connectivity index (χ4v) is 3.64. The Morgan fingerprint density at radius 1 is 1.10 bits per heavy atom. The topological polar surface area (TPSA) is 12.0 Å². The third-order valence-electron chi connectivity index (χ3n) is 5.23. The number of benzene rings is 1. The van der Waals surface area contributed by atoms with Gasteiger partial charge in [-0.15, -0.1) is 0 Å². The molecule has 20 heavy (non-hydrogen) atoms. The van der Waals surface area contributed by atoms with Crippen LogP contribution in [0.25, 0.3) is 0 Å². The van der Waals surface area contributed by atoms with E-state index in [4.69, 9.17) is 0 Å². The third kappa shape index (κ3) is 3.44. The fraction of sp³-hybridized carbons (Fsp3) is 0.684. The Bertz CT molecular complexity index is 422. The van der Waals surface area contributed by atoms with Gasteiger partial charge in [0.05, 0.1) is 0 Å². The zero-order valence-electron chi connectivity index (χ0n) is 13.1. The molecule has 0 aliphatic heterocycles. The molecule has 0 bridgehead atoms. The standard InChI is InChI=1S/C19H29N/c1-15(2)17-7-5-16(6-8-17)13-19(11-3-4-12-19)14-20-18-9-10-18/h5-8,15,18,20H,3-4,9-14H2,1-2H3. The number of hydrogen-bond acceptors (Lipinski definition) is 1. The van der Waals surface area contributed by atoms with Crippen molar-refractivity contribution in [1.29, 1.82) is 0 Å². The highest BCUT2D eigenvalue weighted by Gasteiger charge is 2.35. The molecule has 0 atom stereocenters. The van der Waals surface area contributed by atoms with Crippen LogP contribution in [0.4, 0.5) is 0 Å². The van der Waals surface area contributed by atoms with Gasteiger partial charge in [0.2, 0.25) is 0 Å². The van der Waals surface area contributed by atoms with Gasteiger partial charge in [-0.3, -0.25) is 0 Å². The highest BCUT2D eigenvalue weighted by Crippen LogP contribution is 2.41. The average Bonchev–Trinajstić information content (AvgIpc) is 3.17. The Morgan fingerprint density at radius 3 is 2.30 bits per heavy atom. The SMILES string of the molecule is CC(C)c1ccc(CC2(CNC3CC3)CCCC2)cc1. The molecule has 1 heteroatoms. The van der Waals surface area contributed by atoms with E-state index in [-0.39, 0.29) is 0 Å². The van der Waals surface area contributed by atoms with Gasteiger partial charge in [-0.05, 0) is 54.6 Å². The normalized spacial score (nSPS) is 21.6. The lowest BCUT2D eigenvalue weighted by Crippen LogP contribution is -2.35. The van der Waals surface area contributed by atoms with Crippen molar-refractivity contribution in [3.63, 3.8) is 0 Å². The molecule has 2 aliphatic carbocycles. The maximum absolute atomic E-state index is 3.79. The molecule has 0 amide bonds. The second-order valence-corrected chi connectivity index (χ2v) is 7.44. The first-order valence-electron chi connectivity index (χ1n) is 8.49. The van der Waals surface area contributed by atoms with E-state index in [1.165, 1.54) is 62.6 Å². The van der Waals surface area contributed by atoms with Crippen LogP contribution in [0.5, 0.6) is 0 Å². The Hall–Kier alpha value is -0.820. The predicted octanol–water partition coefficient (Wildman–Crippen LogP) is 4.66. The highest BCUT2D eigenvalue weighted by molar-refractivity contribution is 5.25. The Kier molecular flexibility index (Phi) is 4.16. The van der Waals surface area contributed by atoms with E-state index in [1.54, 1.807) is 0 Å². The van der Waals surface area contributed by atoms with E-state index in [2.05, 4.69) is 43.4 Å². The van der Waals surface area contributed by atoms with Crippen molar-refractivity contribution in [1.82, 2.24) is 5.32 Å². The van der Waals surface area contributed by atoms with Crippen LogP contribution in [0.15, 0.2) is 24.3 Å². The van der Waals surface area contributed by atoms with Crippen LogP contribution in [0.2, 0.25) is 0 Å². The molecule has 0 radical (unpaired) electrons. The highest BCUT2D eigenvalue weighted by atomic mass is 15.0. The van der Waals surface area contributed by atoms with Gasteiger partial charge in [0.15, 0.2) is 0 Å². The first-order chi connectivity index (χ1) is 9.67. The maximum Gasteiger partial charge on any atom is 0.00684 e. The summed E-state index contributed by atoms with van der Waals surface area (Å²) in [7, 11) is 0. The van der Waals surface area contributed by atoms with Crippen molar-refractivity contribution >= 4 is 0 Å². The van der Waals surface area contributed by atoms with E-state index >= 15 is 0 Å². The summed E-state index contributed by atoms with van der Waals surface area (Å²) >= 11 is 0. The van der Waals surface area contributed by atoms with Crippen LogP contribution in [-0.4, -0.2) is 12.6 Å². The first-order valence-corrected chi connectivity index (χ1v) is 8.49. The largest absolute Gasteiger partial charge is 0.313 e. The van der Waals surface area contributed by atoms with Gasteiger partial charge in [-0.25, -0.2) is 0 Å². The van der Waals surface area contributed by atoms with Gasteiger partial charge < -0.3 is 5.32 Å². The van der Waals surface area contributed by atoms with Gasteiger partial charge in [0.25, 0.3) is 0 Å². The summed E-state index contributed by atoms with van der Waals surface area (Å²) in [4.78, 5) is 0. The molecular weight excluding hydrogens is 242 g/mol. The summed E-state index contributed by atoms with van der Waals surface area (Å²) in [6, 6.07) is 10.2. The van der Waals surface area contributed by atoms with Crippen molar-refractivity contribution in [2.75, 3.05) is 6.54 Å². The quantitative estimate of drug-likeness (QED) is 0.793. The second kappa shape index (κ2) is 5.89. The van der Waals surface area contributed by atoms with Gasteiger partial charge >= 0.3 is 0 Å². The molecule has 1 aromatic carbocycles. The summed E-state index contributed by atoms with van der Waals surface area (Å²) in [6.45, 7) is 5.78. The van der Waals surface area contributed by atoms with Crippen LogP contribution in [0, 0.1) is 5.41 Å². The molecule has 110 valence electrons. The summed E-state index contributed by atoms with van der Waals surface area (Å²) in [6.07, 6.45) is 9.76. The van der Waals surface area contributed by atoms with E-state index in [9.17, 15) is 0 Å². The Morgan fingerprint density at radius 2 is 1.75 bits per heavy atom. The van der Waals surface area contributed by atoms with Crippen LogP contribution in [0.1, 0.15) is 69.4 Å². The lowest BCUT2D eigenvalue weighted by molar-refractivity contribution is 0.276. The predicted molar refractivity (Wildman–Crippen MR) is 86.2 cm³/mol. The molecule has 0 spiro atoms. The fourth-order valence-electron chi connectivity index (χ4n) is 3.64. The molecule has 0 aromatic heterocycles. The van der Waals surface area contributed by atoms with Gasteiger partial charge in [-0.2, -0.15) is 0 Å². The molecule has 1 N–H and O–H groups in total. The van der Waals surface area contributed by atoms with Crippen molar-refractivity contribution in [3.05, 3.63) is 35.4 Å². The number of hydrogen-bond donors (Lipinski definition) is 1. The summed E-state index contributed by atoms with van der Waals surface area (Å²) < 4.78 is 0. The van der Waals surface area contributed by atoms with Crippen LogP contribution < -0.4 is 5.32 Å². The minimum atomic E-state index is 0.544. The molecule has 1 aromatic rings. The van der Waals surface area contributed by atoms with Crippen molar-refractivity contribution in [2.45, 2.75) is 70.8 Å². The van der Waals surface area contributed by atoms with Crippen LogP contribution in [0.3, 0.4) is 0 Å². The zero-order chi connectivity index (χ0) is 14.0. The van der Waals surface area contributed by atoms with E-state index in [0.29, 0.717) is 11.3 Å². The minimum Gasteiger partial charge on any atom is -0.313 e. The molecule has 0 heterocycles. The van der Waals surface area contributed by atoms with Crippen molar-refractivity contribution in [2.24, 2.45) is 5.41 Å². The van der Waals surface area contributed by atoms with E-state index in [0.717, 1.165) is 6.04 Å². The zero-order valence-corrected chi connectivity index (χ0v) is 13.1. The van der Waals surface area contributed by atoms with Gasteiger partial charge in [-0.1, -0.05) is 51.0 Å². The maximum atomic E-state index is 3.79. The third-order valence-corrected chi connectivity index (χ3v) is 5.23. The first kappa shape index (κ1) is 14.1. The average molecular weight is 271 g/mol. The molecular formula is C19H29N. The smallest absolute Gasteiger partial charge is 0.00684 e. The summed E-state index contributed by atoms with van der Waals surface area (Å²) in [5.41, 5.74) is 3.54. The molecule has 3 rings (SSSR count). The van der Waals surface area contributed by atoms with Gasteiger partial charge in [0.1, 0.15) is 0 Å². The van der Waals surface area contributed by atoms with Gasteiger partial charge in [0, 0.05) is 12.6 Å². The van der Waals surface area contributed by atoms with E-state index < -0.39 is 0 Å². The molecule has 0 unspecified atom stereocenters. The molecule has 1 nitrogen and oxygen atoms in total. The molecule has 2 aliphatic rings. The van der Waals surface area contributed by atoms with Crippen LogP contribution in [-0.2, 0) is 6.42 Å². The monoisotopic (exact) mass is 271 g/mol. The summed E-state index contributed by atoms with van der Waals surface area (Å²) in [5.74, 6) is 0.640.